The largest absolute Gasteiger partial charge is 0.479 e. The quantitative estimate of drug-likeness (QED) is 0.460. The van der Waals surface area contributed by atoms with Crippen molar-refractivity contribution in [2.45, 2.75) is 57.7 Å². The van der Waals surface area contributed by atoms with Crippen molar-refractivity contribution in [2.75, 3.05) is 29.9 Å². The van der Waals surface area contributed by atoms with E-state index < -0.39 is 11.5 Å². The molecule has 3 aromatic rings. The number of nitrogens with zero attached hydrogens (tertiary/aromatic N) is 6. The maximum atomic E-state index is 13.0. The van der Waals surface area contributed by atoms with Crippen molar-refractivity contribution in [1.29, 1.82) is 0 Å². The highest BCUT2D eigenvalue weighted by Crippen LogP contribution is 2.34. The zero-order valence-electron chi connectivity index (χ0n) is 22.7. The number of rotatable bonds is 7. The summed E-state index contributed by atoms with van der Waals surface area (Å²) >= 11 is 0. The topological polar surface area (TPSA) is 115 Å². The Kier molecular flexibility index (Phi) is 7.04. The van der Waals surface area contributed by atoms with Crippen LogP contribution in [0.3, 0.4) is 0 Å². The van der Waals surface area contributed by atoms with Gasteiger partial charge in [-0.25, -0.2) is 14.8 Å². The van der Waals surface area contributed by atoms with Crippen molar-refractivity contribution in [2.24, 2.45) is 7.05 Å². The first kappa shape index (κ1) is 26.3. The first-order valence-corrected chi connectivity index (χ1v) is 13.0. The van der Waals surface area contributed by atoms with Crippen molar-refractivity contribution in [3.63, 3.8) is 0 Å². The monoisotopic (exact) mass is 531 g/mol. The second-order valence-corrected chi connectivity index (χ2v) is 10.9. The van der Waals surface area contributed by atoms with Crippen molar-refractivity contribution >= 4 is 34.4 Å². The highest BCUT2D eigenvalue weighted by atomic mass is 16.6. The van der Waals surface area contributed by atoms with Crippen LogP contribution in [0, 0.1) is 12.3 Å². The normalized spacial score (nSPS) is 17.1. The van der Waals surface area contributed by atoms with Gasteiger partial charge in [-0.2, -0.15) is 5.10 Å². The lowest BCUT2D eigenvalue weighted by Gasteiger charge is -2.31. The van der Waals surface area contributed by atoms with Gasteiger partial charge >= 0.3 is 6.09 Å². The summed E-state index contributed by atoms with van der Waals surface area (Å²) in [5.74, 6) is 3.09. The van der Waals surface area contributed by atoms with Gasteiger partial charge < -0.3 is 24.6 Å². The lowest BCUT2D eigenvalue weighted by atomic mass is 10.2. The summed E-state index contributed by atoms with van der Waals surface area (Å²) in [6.07, 6.45) is 12.8. The van der Waals surface area contributed by atoms with Crippen molar-refractivity contribution < 1.29 is 19.1 Å². The molecule has 1 N–H and O–H groups in total. The van der Waals surface area contributed by atoms with Crippen molar-refractivity contribution in [3.05, 3.63) is 36.4 Å². The summed E-state index contributed by atoms with van der Waals surface area (Å²) in [5, 5.41) is 8.08. The molecule has 0 radical (unpaired) electrons. The van der Waals surface area contributed by atoms with Crippen molar-refractivity contribution in [1.82, 2.24) is 24.6 Å². The third-order valence-corrected chi connectivity index (χ3v) is 6.58. The van der Waals surface area contributed by atoms with E-state index in [0.717, 1.165) is 36.7 Å². The number of aryl methyl sites for hydroxylation is 1. The minimum Gasteiger partial charge on any atom is -0.479 e. The number of carbonyl (C=O) groups excluding carboxylic acids is 2. The lowest BCUT2D eigenvalue weighted by molar-refractivity contribution is 0.0158. The van der Waals surface area contributed by atoms with E-state index >= 15 is 0 Å². The maximum Gasteiger partial charge on any atom is 0.410 e. The Bertz CT molecular complexity index is 1420. The Hall–Kier alpha value is -4.33. The number of hydrogen-bond donors (Lipinski definition) is 1. The first-order valence-electron chi connectivity index (χ1n) is 13.0. The molecular weight excluding hydrogens is 498 g/mol. The van der Waals surface area contributed by atoms with Gasteiger partial charge in [0.25, 0.3) is 5.91 Å². The standard InChI is InChI=1S/C28H33N7O4/c1-6-11-38-24-13-21-18(16-33(5)32-21)12-22(24)31-26(36)23-14-30-25(15-29-23)34-10-9-20(17-34)35(19-7-8-19)27(37)39-28(2,3)4/h1,12-16,19-20H,7-11,17H2,2-5H3,(H,31,36)/t20-/m1/s1. The van der Waals surface area contributed by atoms with Gasteiger partial charge in [-0.15, -0.1) is 6.42 Å². The van der Waals surface area contributed by atoms with E-state index in [1.165, 1.54) is 6.20 Å². The Balaban J connectivity index is 1.26. The summed E-state index contributed by atoms with van der Waals surface area (Å²) in [6, 6.07) is 3.81. The molecule has 3 heterocycles. The van der Waals surface area contributed by atoms with E-state index in [2.05, 4.69) is 31.2 Å². The van der Waals surface area contributed by atoms with Gasteiger partial charge in [-0.3, -0.25) is 9.48 Å². The molecule has 1 aliphatic heterocycles. The summed E-state index contributed by atoms with van der Waals surface area (Å²) in [5.41, 5.74) is 0.813. The molecule has 0 unspecified atom stereocenters. The molecule has 1 aliphatic carbocycles. The van der Waals surface area contributed by atoms with E-state index in [1.54, 1.807) is 23.0 Å². The highest BCUT2D eigenvalue weighted by Gasteiger charge is 2.42. The van der Waals surface area contributed by atoms with Gasteiger partial charge in [0.2, 0.25) is 0 Å². The molecule has 2 aromatic heterocycles. The Labute approximate surface area is 227 Å². The lowest BCUT2D eigenvalue weighted by Crippen LogP contribution is -2.46. The number of fused-ring (bicyclic) bond motifs is 1. The molecule has 0 bridgehead atoms. The number of carbonyl (C=O) groups is 2. The first-order chi connectivity index (χ1) is 18.6. The average molecular weight is 532 g/mol. The second kappa shape index (κ2) is 10.4. The Morgan fingerprint density at radius 2 is 1.97 bits per heavy atom. The van der Waals surface area contributed by atoms with Gasteiger partial charge in [0.05, 0.1) is 29.6 Å². The Morgan fingerprint density at radius 1 is 1.18 bits per heavy atom. The number of benzene rings is 1. The zero-order chi connectivity index (χ0) is 27.7. The molecule has 2 fully saturated rings. The summed E-state index contributed by atoms with van der Waals surface area (Å²) in [7, 11) is 1.82. The van der Waals surface area contributed by atoms with Crippen LogP contribution in [-0.4, -0.2) is 74.0 Å². The summed E-state index contributed by atoms with van der Waals surface area (Å²) < 4.78 is 13.0. The summed E-state index contributed by atoms with van der Waals surface area (Å²) in [6.45, 7) is 7.07. The molecule has 5 rings (SSSR count). The third-order valence-electron chi connectivity index (χ3n) is 6.58. The van der Waals surface area contributed by atoms with Crippen LogP contribution in [0.4, 0.5) is 16.3 Å². The number of amides is 2. The molecule has 2 amide bonds. The fraction of sp³-hybridized carbons (Fsp3) is 0.464. The molecule has 1 saturated heterocycles. The fourth-order valence-electron chi connectivity index (χ4n) is 4.74. The highest BCUT2D eigenvalue weighted by molar-refractivity contribution is 6.04. The molecular formula is C28H33N7O4. The number of ether oxygens (including phenoxy) is 2. The van der Waals surface area contributed by atoms with Crippen LogP contribution in [0.15, 0.2) is 30.7 Å². The van der Waals surface area contributed by atoms with E-state index in [1.807, 2.05) is 38.9 Å². The number of aromatic nitrogens is 4. The minimum atomic E-state index is -0.539. The molecule has 11 heteroatoms. The third kappa shape index (κ3) is 6.06. The van der Waals surface area contributed by atoms with Crippen LogP contribution in [0.1, 0.15) is 50.5 Å². The van der Waals surface area contributed by atoms with Crippen molar-refractivity contribution in [3.8, 4) is 18.1 Å². The molecule has 204 valence electrons. The van der Waals surface area contributed by atoms with E-state index in [-0.39, 0.29) is 30.5 Å². The molecule has 1 atom stereocenters. The van der Waals surface area contributed by atoms with Crippen LogP contribution in [-0.2, 0) is 11.8 Å². The predicted molar refractivity (Wildman–Crippen MR) is 147 cm³/mol. The molecule has 2 aliphatic rings. The SMILES string of the molecule is C#CCOc1cc2nn(C)cc2cc1NC(=O)c1cnc(N2CC[C@@H](N(C(=O)OC(C)(C)C)C3CC3)C2)cn1. The van der Waals surface area contributed by atoms with Crippen LogP contribution in [0.5, 0.6) is 5.75 Å². The predicted octanol–water partition coefficient (Wildman–Crippen LogP) is 3.61. The van der Waals surface area contributed by atoms with Gasteiger partial charge in [-0.05, 0) is 46.1 Å². The summed E-state index contributed by atoms with van der Waals surface area (Å²) in [4.78, 5) is 38.8. The zero-order valence-corrected chi connectivity index (χ0v) is 22.7. The Morgan fingerprint density at radius 3 is 2.64 bits per heavy atom. The fourth-order valence-corrected chi connectivity index (χ4v) is 4.74. The molecule has 39 heavy (non-hydrogen) atoms. The maximum absolute atomic E-state index is 13.0. The van der Waals surface area contributed by atoms with Gasteiger partial charge in [0.1, 0.15) is 29.5 Å². The number of nitrogens with one attached hydrogen (secondary N) is 1. The van der Waals surface area contributed by atoms with Crippen LogP contribution < -0.4 is 15.0 Å². The number of anilines is 2. The van der Waals surface area contributed by atoms with Gasteiger partial charge in [0, 0.05) is 43.8 Å². The van der Waals surface area contributed by atoms with Crippen LogP contribution in [0.25, 0.3) is 10.9 Å². The van der Waals surface area contributed by atoms with E-state index in [4.69, 9.17) is 15.9 Å². The number of terminal acetylenes is 1. The smallest absolute Gasteiger partial charge is 0.410 e. The molecule has 0 spiro atoms. The van der Waals surface area contributed by atoms with E-state index in [0.29, 0.717) is 23.8 Å². The van der Waals surface area contributed by atoms with Crippen LogP contribution >= 0.6 is 0 Å². The van der Waals surface area contributed by atoms with Crippen LogP contribution in [0.2, 0.25) is 0 Å². The average Bonchev–Trinajstić information content (AvgIpc) is 3.46. The second-order valence-electron chi connectivity index (χ2n) is 10.9. The number of hydrogen-bond acceptors (Lipinski definition) is 8. The van der Waals surface area contributed by atoms with Gasteiger partial charge in [0.15, 0.2) is 0 Å². The minimum absolute atomic E-state index is 0.0425. The molecule has 1 saturated carbocycles. The van der Waals surface area contributed by atoms with Gasteiger partial charge in [-0.1, -0.05) is 5.92 Å². The van der Waals surface area contributed by atoms with E-state index in [9.17, 15) is 9.59 Å². The molecule has 1 aromatic carbocycles. The molecule has 11 nitrogen and oxygen atoms in total.